The zero-order valence-corrected chi connectivity index (χ0v) is 10.7. The molecule has 0 amide bonds. The summed E-state index contributed by atoms with van der Waals surface area (Å²) >= 11 is 1.74. The largest absolute Gasteiger partial charge is 0.481 e. The lowest BCUT2D eigenvalue weighted by atomic mass is 10.2. The molecular weight excluding hydrogens is 244 g/mol. The maximum atomic E-state index is 7.68. The molecule has 0 spiro atoms. The van der Waals surface area contributed by atoms with Gasteiger partial charge in [-0.15, -0.1) is 0 Å². The van der Waals surface area contributed by atoms with Gasteiger partial charge in [0.2, 0.25) is 5.90 Å². The zero-order valence-electron chi connectivity index (χ0n) is 9.86. The van der Waals surface area contributed by atoms with Gasteiger partial charge >= 0.3 is 0 Å². The van der Waals surface area contributed by atoms with Gasteiger partial charge in [-0.05, 0) is 30.3 Å². The van der Waals surface area contributed by atoms with Crippen LogP contribution in [0.3, 0.4) is 0 Å². The molecule has 2 aromatic rings. The Morgan fingerprint density at radius 2 is 1.89 bits per heavy atom. The Morgan fingerprint density at radius 3 is 2.72 bits per heavy atom. The molecule has 4 heteroatoms. The Balaban J connectivity index is 2.01. The SMILES string of the molecule is COC(=N)c1ccc2c(c1)Nc1ccccc1S2. The Kier molecular flexibility index (Phi) is 2.72. The number of nitrogens with one attached hydrogen (secondary N) is 2. The number of benzene rings is 2. The van der Waals surface area contributed by atoms with Gasteiger partial charge in [0.15, 0.2) is 0 Å². The van der Waals surface area contributed by atoms with E-state index in [2.05, 4.69) is 17.4 Å². The van der Waals surface area contributed by atoms with E-state index < -0.39 is 0 Å². The van der Waals surface area contributed by atoms with Crippen molar-refractivity contribution in [3.63, 3.8) is 0 Å². The number of rotatable bonds is 1. The summed E-state index contributed by atoms with van der Waals surface area (Å²) in [5.41, 5.74) is 2.91. The molecule has 3 rings (SSSR count). The fraction of sp³-hybridized carbons (Fsp3) is 0.0714. The summed E-state index contributed by atoms with van der Waals surface area (Å²) in [5.74, 6) is 0.184. The lowest BCUT2D eigenvalue weighted by Crippen LogP contribution is -2.04. The van der Waals surface area contributed by atoms with E-state index in [0.29, 0.717) is 0 Å². The van der Waals surface area contributed by atoms with Crippen molar-refractivity contribution in [1.29, 1.82) is 5.41 Å². The van der Waals surface area contributed by atoms with Crippen LogP contribution in [0.4, 0.5) is 11.4 Å². The molecule has 0 atom stereocenters. The molecule has 0 bridgehead atoms. The van der Waals surface area contributed by atoms with Crippen molar-refractivity contribution in [2.75, 3.05) is 12.4 Å². The molecule has 90 valence electrons. The van der Waals surface area contributed by atoms with Crippen molar-refractivity contribution in [1.82, 2.24) is 0 Å². The molecule has 18 heavy (non-hydrogen) atoms. The van der Waals surface area contributed by atoms with Gasteiger partial charge in [0, 0.05) is 15.4 Å². The first kappa shape index (κ1) is 11.2. The minimum Gasteiger partial charge on any atom is -0.481 e. The minimum atomic E-state index is 0.184. The topological polar surface area (TPSA) is 45.1 Å². The van der Waals surface area contributed by atoms with Gasteiger partial charge < -0.3 is 10.1 Å². The summed E-state index contributed by atoms with van der Waals surface area (Å²) in [7, 11) is 1.51. The van der Waals surface area contributed by atoms with E-state index in [9.17, 15) is 0 Å². The molecule has 0 saturated heterocycles. The molecule has 1 aliphatic rings. The van der Waals surface area contributed by atoms with E-state index in [0.717, 1.165) is 16.9 Å². The van der Waals surface area contributed by atoms with E-state index >= 15 is 0 Å². The van der Waals surface area contributed by atoms with Gasteiger partial charge in [-0.1, -0.05) is 23.9 Å². The van der Waals surface area contributed by atoms with Crippen LogP contribution in [0, 0.1) is 5.41 Å². The third kappa shape index (κ3) is 1.84. The van der Waals surface area contributed by atoms with Crippen LogP contribution in [0.25, 0.3) is 0 Å². The Morgan fingerprint density at radius 1 is 1.11 bits per heavy atom. The predicted octanol–water partition coefficient (Wildman–Crippen LogP) is 3.87. The Bertz CT molecular complexity index is 625. The summed E-state index contributed by atoms with van der Waals surface area (Å²) in [6.45, 7) is 0. The second-order valence-corrected chi connectivity index (χ2v) is 5.05. The molecule has 2 aromatic carbocycles. The molecule has 2 N–H and O–H groups in total. The molecule has 1 heterocycles. The molecule has 0 unspecified atom stereocenters. The first-order valence-corrected chi connectivity index (χ1v) is 6.40. The third-order valence-electron chi connectivity index (χ3n) is 2.82. The highest BCUT2D eigenvalue weighted by Crippen LogP contribution is 2.44. The number of para-hydroxylation sites is 1. The molecule has 0 radical (unpaired) electrons. The molecule has 0 aliphatic carbocycles. The lowest BCUT2D eigenvalue weighted by Gasteiger charge is -2.21. The standard InChI is InChI=1S/C14H12N2OS/c1-17-14(15)9-6-7-13-11(8-9)16-10-4-2-3-5-12(10)18-13/h2-8,15-16H,1H3. The van der Waals surface area contributed by atoms with E-state index in [1.165, 1.54) is 16.9 Å². The number of ether oxygens (including phenoxy) is 1. The predicted molar refractivity (Wildman–Crippen MR) is 74.1 cm³/mol. The highest BCUT2D eigenvalue weighted by molar-refractivity contribution is 7.99. The summed E-state index contributed by atoms with van der Waals surface area (Å²) in [6.07, 6.45) is 0. The second kappa shape index (κ2) is 4.38. The Labute approximate surface area is 110 Å². The first-order valence-electron chi connectivity index (χ1n) is 5.59. The quantitative estimate of drug-likeness (QED) is 0.513. The maximum Gasteiger partial charge on any atom is 0.212 e. The highest BCUT2D eigenvalue weighted by atomic mass is 32.2. The van der Waals surface area contributed by atoms with Crippen molar-refractivity contribution in [3.05, 3.63) is 48.0 Å². The van der Waals surface area contributed by atoms with Crippen LogP contribution >= 0.6 is 11.8 Å². The van der Waals surface area contributed by atoms with Crippen LogP contribution in [-0.4, -0.2) is 13.0 Å². The van der Waals surface area contributed by atoms with E-state index in [-0.39, 0.29) is 5.90 Å². The van der Waals surface area contributed by atoms with Crippen molar-refractivity contribution >= 4 is 29.0 Å². The van der Waals surface area contributed by atoms with Crippen molar-refractivity contribution in [2.24, 2.45) is 0 Å². The van der Waals surface area contributed by atoms with Crippen molar-refractivity contribution in [3.8, 4) is 0 Å². The summed E-state index contributed by atoms with van der Waals surface area (Å²) in [4.78, 5) is 2.39. The summed E-state index contributed by atoms with van der Waals surface area (Å²) in [5, 5.41) is 11.1. The second-order valence-electron chi connectivity index (χ2n) is 3.97. The number of methoxy groups -OCH3 is 1. The zero-order chi connectivity index (χ0) is 12.5. The van der Waals surface area contributed by atoms with Gasteiger partial charge in [-0.25, -0.2) is 0 Å². The molecule has 1 aliphatic heterocycles. The number of fused-ring (bicyclic) bond motifs is 2. The van der Waals surface area contributed by atoms with Gasteiger partial charge in [0.25, 0.3) is 0 Å². The van der Waals surface area contributed by atoms with E-state index in [1.807, 2.05) is 30.3 Å². The molecule has 0 saturated carbocycles. The van der Waals surface area contributed by atoms with Crippen LogP contribution < -0.4 is 5.32 Å². The molecule has 3 nitrogen and oxygen atoms in total. The number of hydrogen-bond donors (Lipinski definition) is 2. The van der Waals surface area contributed by atoms with Gasteiger partial charge in [-0.2, -0.15) is 0 Å². The summed E-state index contributed by atoms with van der Waals surface area (Å²) < 4.78 is 4.95. The van der Waals surface area contributed by atoms with E-state index in [4.69, 9.17) is 10.1 Å². The minimum absolute atomic E-state index is 0.184. The molecule has 0 aromatic heterocycles. The summed E-state index contributed by atoms with van der Waals surface area (Å²) in [6, 6.07) is 14.1. The molecule has 0 fully saturated rings. The van der Waals surface area contributed by atoms with Crippen LogP contribution in [0.1, 0.15) is 5.56 Å². The van der Waals surface area contributed by atoms with Crippen LogP contribution in [0.15, 0.2) is 52.3 Å². The fourth-order valence-corrected chi connectivity index (χ4v) is 2.87. The van der Waals surface area contributed by atoms with Crippen LogP contribution in [-0.2, 0) is 4.74 Å². The smallest absolute Gasteiger partial charge is 0.212 e. The fourth-order valence-electron chi connectivity index (χ4n) is 1.90. The number of hydrogen-bond acceptors (Lipinski definition) is 4. The number of anilines is 2. The van der Waals surface area contributed by atoms with Crippen molar-refractivity contribution in [2.45, 2.75) is 9.79 Å². The molecular formula is C14H12N2OS. The van der Waals surface area contributed by atoms with Gasteiger partial charge in [-0.3, -0.25) is 5.41 Å². The first-order chi connectivity index (χ1) is 8.78. The van der Waals surface area contributed by atoms with Crippen LogP contribution in [0.2, 0.25) is 0 Å². The maximum absolute atomic E-state index is 7.68. The normalized spacial score (nSPS) is 12.1. The average molecular weight is 256 g/mol. The monoisotopic (exact) mass is 256 g/mol. The van der Waals surface area contributed by atoms with E-state index in [1.54, 1.807) is 11.8 Å². The lowest BCUT2D eigenvalue weighted by molar-refractivity contribution is 0.401. The van der Waals surface area contributed by atoms with Gasteiger partial charge in [0.05, 0.1) is 18.5 Å². The van der Waals surface area contributed by atoms with Gasteiger partial charge in [0.1, 0.15) is 0 Å². The average Bonchev–Trinajstić information content (AvgIpc) is 2.43. The Hall–Kier alpha value is -1.94. The van der Waals surface area contributed by atoms with Crippen molar-refractivity contribution < 1.29 is 4.74 Å². The highest BCUT2D eigenvalue weighted by Gasteiger charge is 2.16. The van der Waals surface area contributed by atoms with Crippen LogP contribution in [0.5, 0.6) is 0 Å². The third-order valence-corrected chi connectivity index (χ3v) is 3.97.